The Labute approximate surface area is 184 Å². The number of anilines is 1. The molecule has 2 N–H and O–H groups in total. The second-order valence-electron chi connectivity index (χ2n) is 9.04. The molecule has 1 aromatic rings. The van der Waals surface area contributed by atoms with Crippen molar-refractivity contribution in [3.63, 3.8) is 0 Å². The quantitative estimate of drug-likeness (QED) is 0.697. The maximum Gasteiger partial charge on any atom is 0.321 e. The van der Waals surface area contributed by atoms with Crippen LogP contribution in [0.5, 0.6) is 0 Å². The lowest BCUT2D eigenvalue weighted by Gasteiger charge is -2.35. The molecule has 0 aromatic heterocycles. The highest BCUT2D eigenvalue weighted by Crippen LogP contribution is 2.29. The summed E-state index contributed by atoms with van der Waals surface area (Å²) in [6.45, 7) is 6.89. The van der Waals surface area contributed by atoms with Gasteiger partial charge in [-0.25, -0.2) is 4.79 Å². The van der Waals surface area contributed by atoms with E-state index < -0.39 is 18.0 Å². The summed E-state index contributed by atoms with van der Waals surface area (Å²) in [4.78, 5) is 39.5. The van der Waals surface area contributed by atoms with Gasteiger partial charge in [0.1, 0.15) is 0 Å². The number of rotatable bonds is 5. The van der Waals surface area contributed by atoms with Gasteiger partial charge in [-0.2, -0.15) is 0 Å². The van der Waals surface area contributed by atoms with Crippen LogP contribution in [0.4, 0.5) is 10.5 Å². The summed E-state index contributed by atoms with van der Waals surface area (Å²) in [6.07, 6.45) is 3.79. The Morgan fingerprint density at radius 2 is 1.81 bits per heavy atom. The van der Waals surface area contributed by atoms with Gasteiger partial charge in [0.05, 0.1) is 5.92 Å². The number of nitrogens with one attached hydrogen (secondary N) is 2. The van der Waals surface area contributed by atoms with E-state index in [1.807, 2.05) is 30.3 Å². The fourth-order valence-corrected chi connectivity index (χ4v) is 4.49. The normalized spacial score (nSPS) is 27.1. The fraction of sp³-hybridized carbons (Fsp3) is 0.625. The number of para-hydroxylation sites is 1. The van der Waals surface area contributed by atoms with Gasteiger partial charge in [-0.05, 0) is 50.2 Å². The predicted octanol–water partition coefficient (Wildman–Crippen LogP) is 3.80. The molecule has 0 unspecified atom stereocenters. The van der Waals surface area contributed by atoms with E-state index in [1.54, 1.807) is 11.8 Å². The van der Waals surface area contributed by atoms with Crippen LogP contribution in [0.25, 0.3) is 0 Å². The molecule has 1 aliphatic carbocycles. The number of nitrogens with zero attached hydrogens (tertiary/aromatic N) is 1. The van der Waals surface area contributed by atoms with Gasteiger partial charge in [-0.1, -0.05) is 44.9 Å². The molecule has 3 rings (SSSR count). The van der Waals surface area contributed by atoms with Crippen LogP contribution in [0.1, 0.15) is 52.9 Å². The molecule has 1 aromatic carbocycles. The highest BCUT2D eigenvalue weighted by molar-refractivity contribution is 5.90. The van der Waals surface area contributed by atoms with Gasteiger partial charge in [0.2, 0.25) is 0 Å². The first kappa shape index (κ1) is 23.1. The Balaban J connectivity index is 1.48. The minimum Gasteiger partial charge on any atom is -0.452 e. The smallest absolute Gasteiger partial charge is 0.321 e. The van der Waals surface area contributed by atoms with Crippen molar-refractivity contribution in [1.29, 1.82) is 0 Å². The van der Waals surface area contributed by atoms with Crippen LogP contribution in [0.15, 0.2) is 30.3 Å². The number of hydrogen-bond acceptors (Lipinski definition) is 4. The maximum absolute atomic E-state index is 12.7. The lowest BCUT2D eigenvalue weighted by atomic mass is 9.78. The van der Waals surface area contributed by atoms with Gasteiger partial charge in [-0.3, -0.25) is 9.59 Å². The van der Waals surface area contributed by atoms with Gasteiger partial charge in [0.15, 0.2) is 6.10 Å². The van der Waals surface area contributed by atoms with Crippen molar-refractivity contribution in [1.82, 2.24) is 10.2 Å². The number of carbonyl (C=O) groups excluding carboxylic acids is 3. The molecule has 1 saturated carbocycles. The summed E-state index contributed by atoms with van der Waals surface area (Å²) >= 11 is 0. The molecular weight excluding hydrogens is 394 g/mol. The zero-order valence-electron chi connectivity index (χ0n) is 18.8. The lowest BCUT2D eigenvalue weighted by Crippen LogP contribution is -2.49. The van der Waals surface area contributed by atoms with E-state index in [4.69, 9.17) is 4.74 Å². The Bertz CT molecular complexity index is 769. The fourth-order valence-electron chi connectivity index (χ4n) is 4.49. The SMILES string of the molecule is C[C@H]1[C@H](C)CCC[C@H]1NC(=O)[C@H](C)OC(=O)[C@@H]1CCCN(C(=O)Nc2ccccc2)C1. The van der Waals surface area contributed by atoms with Crippen LogP contribution in [0, 0.1) is 17.8 Å². The Morgan fingerprint density at radius 1 is 1.06 bits per heavy atom. The third kappa shape index (κ3) is 6.21. The summed E-state index contributed by atoms with van der Waals surface area (Å²) in [6, 6.07) is 9.14. The molecule has 1 saturated heterocycles. The maximum atomic E-state index is 12.7. The van der Waals surface area contributed by atoms with Crippen LogP contribution in [-0.2, 0) is 14.3 Å². The van der Waals surface area contributed by atoms with Gasteiger partial charge >= 0.3 is 12.0 Å². The molecule has 170 valence electrons. The van der Waals surface area contributed by atoms with E-state index in [0.717, 1.165) is 19.3 Å². The average molecular weight is 430 g/mol. The Morgan fingerprint density at radius 3 is 2.55 bits per heavy atom. The van der Waals surface area contributed by atoms with E-state index in [0.29, 0.717) is 37.0 Å². The van der Waals surface area contributed by atoms with Crippen LogP contribution < -0.4 is 10.6 Å². The number of ether oxygens (including phenoxy) is 1. The molecule has 1 aliphatic heterocycles. The standard InChI is InChI=1S/C24H35N3O4/c1-16-9-7-13-21(17(16)2)26-22(28)18(3)31-23(29)19-10-8-14-27(15-19)24(30)25-20-11-5-4-6-12-20/h4-6,11-12,16-19,21H,7-10,13-15H2,1-3H3,(H,25,30)(H,26,28)/t16-,17+,18+,19-,21-/m1/s1. The Kier molecular flexibility index (Phi) is 7.93. The van der Waals surface area contributed by atoms with Crippen molar-refractivity contribution in [2.24, 2.45) is 17.8 Å². The molecule has 5 atom stereocenters. The number of piperidine rings is 1. The van der Waals surface area contributed by atoms with Crippen molar-refractivity contribution in [2.75, 3.05) is 18.4 Å². The van der Waals surface area contributed by atoms with Crippen molar-refractivity contribution in [3.05, 3.63) is 30.3 Å². The second-order valence-corrected chi connectivity index (χ2v) is 9.04. The van der Waals surface area contributed by atoms with Crippen LogP contribution in [0.3, 0.4) is 0 Å². The Hall–Kier alpha value is -2.57. The van der Waals surface area contributed by atoms with E-state index in [9.17, 15) is 14.4 Å². The van der Waals surface area contributed by atoms with E-state index in [1.165, 1.54) is 6.42 Å². The molecule has 7 heteroatoms. The number of esters is 1. The third-order valence-corrected chi connectivity index (χ3v) is 6.76. The summed E-state index contributed by atoms with van der Waals surface area (Å²) < 4.78 is 5.49. The molecule has 0 radical (unpaired) electrons. The second kappa shape index (κ2) is 10.6. The van der Waals surface area contributed by atoms with Crippen LogP contribution in [-0.4, -0.2) is 48.0 Å². The average Bonchev–Trinajstić information content (AvgIpc) is 2.77. The lowest BCUT2D eigenvalue weighted by molar-refractivity contribution is -0.160. The van der Waals surface area contributed by atoms with Crippen LogP contribution in [0.2, 0.25) is 0 Å². The molecule has 3 amide bonds. The van der Waals surface area contributed by atoms with Gasteiger partial charge in [0, 0.05) is 24.8 Å². The molecule has 31 heavy (non-hydrogen) atoms. The number of hydrogen-bond donors (Lipinski definition) is 2. The van der Waals surface area contributed by atoms with Crippen molar-refractivity contribution in [3.8, 4) is 0 Å². The minimum absolute atomic E-state index is 0.129. The van der Waals surface area contributed by atoms with Crippen molar-refractivity contribution >= 4 is 23.6 Å². The number of benzene rings is 1. The van der Waals surface area contributed by atoms with Crippen LogP contribution >= 0.6 is 0 Å². The largest absolute Gasteiger partial charge is 0.452 e. The van der Waals surface area contributed by atoms with Gasteiger partial charge < -0.3 is 20.3 Å². The first-order chi connectivity index (χ1) is 14.8. The molecule has 2 aliphatic rings. The number of urea groups is 1. The first-order valence-electron chi connectivity index (χ1n) is 11.5. The monoisotopic (exact) mass is 429 g/mol. The highest BCUT2D eigenvalue weighted by Gasteiger charge is 2.33. The molecule has 0 bridgehead atoms. The third-order valence-electron chi connectivity index (χ3n) is 6.76. The minimum atomic E-state index is -0.842. The predicted molar refractivity (Wildman–Crippen MR) is 119 cm³/mol. The molecule has 0 spiro atoms. The van der Waals surface area contributed by atoms with Gasteiger partial charge in [-0.15, -0.1) is 0 Å². The number of likely N-dealkylation sites (tertiary alicyclic amines) is 1. The molecule has 1 heterocycles. The zero-order valence-corrected chi connectivity index (χ0v) is 18.8. The van der Waals surface area contributed by atoms with E-state index in [2.05, 4.69) is 24.5 Å². The van der Waals surface area contributed by atoms with Crippen molar-refractivity contribution < 1.29 is 19.1 Å². The van der Waals surface area contributed by atoms with E-state index >= 15 is 0 Å². The van der Waals surface area contributed by atoms with Gasteiger partial charge in [0.25, 0.3) is 5.91 Å². The molecule has 7 nitrogen and oxygen atoms in total. The molecular formula is C24H35N3O4. The first-order valence-corrected chi connectivity index (χ1v) is 11.5. The topological polar surface area (TPSA) is 87.7 Å². The number of amides is 3. The number of carbonyl (C=O) groups is 3. The zero-order chi connectivity index (χ0) is 22.4. The highest BCUT2D eigenvalue weighted by atomic mass is 16.5. The van der Waals surface area contributed by atoms with E-state index in [-0.39, 0.29) is 18.0 Å². The summed E-state index contributed by atoms with van der Waals surface area (Å²) in [7, 11) is 0. The molecule has 2 fully saturated rings. The summed E-state index contributed by atoms with van der Waals surface area (Å²) in [5.41, 5.74) is 0.716. The van der Waals surface area contributed by atoms with Crippen molar-refractivity contribution in [2.45, 2.75) is 65.0 Å². The summed E-state index contributed by atoms with van der Waals surface area (Å²) in [5.74, 6) is -0.0827. The summed E-state index contributed by atoms with van der Waals surface area (Å²) in [5, 5.41) is 5.92.